The average molecular weight is 380 g/mol. The summed E-state index contributed by atoms with van der Waals surface area (Å²) in [4.78, 5) is 7.51. The molecule has 28 heavy (non-hydrogen) atoms. The number of H-pyrrole nitrogens is 1. The van der Waals surface area contributed by atoms with Gasteiger partial charge in [-0.25, -0.2) is 4.39 Å². The molecule has 0 saturated carbocycles. The first kappa shape index (κ1) is 18.3. The number of fused-ring (bicyclic) bond motifs is 2. The van der Waals surface area contributed by atoms with Gasteiger partial charge in [-0.15, -0.1) is 0 Å². The summed E-state index contributed by atoms with van der Waals surface area (Å²) in [6, 6.07) is 13.0. The van der Waals surface area contributed by atoms with E-state index in [1.807, 2.05) is 18.3 Å². The number of para-hydroxylation sites is 1. The molecule has 6 heteroatoms. The lowest BCUT2D eigenvalue weighted by Crippen LogP contribution is -2.40. The van der Waals surface area contributed by atoms with Gasteiger partial charge in [0.15, 0.2) is 5.96 Å². The molecule has 2 heterocycles. The van der Waals surface area contributed by atoms with Gasteiger partial charge in [0.1, 0.15) is 11.6 Å². The summed E-state index contributed by atoms with van der Waals surface area (Å²) < 4.78 is 19.2. The summed E-state index contributed by atoms with van der Waals surface area (Å²) in [5.41, 5.74) is 3.30. The highest BCUT2D eigenvalue weighted by Crippen LogP contribution is 2.32. The van der Waals surface area contributed by atoms with Gasteiger partial charge in [-0.3, -0.25) is 4.99 Å². The molecule has 0 saturated heterocycles. The van der Waals surface area contributed by atoms with Crippen LogP contribution in [-0.4, -0.2) is 37.7 Å². The Balaban J connectivity index is 1.31. The minimum Gasteiger partial charge on any atom is -0.493 e. The lowest BCUT2D eigenvalue weighted by atomic mass is 9.93. The van der Waals surface area contributed by atoms with Crippen molar-refractivity contribution in [1.29, 1.82) is 0 Å². The van der Waals surface area contributed by atoms with Gasteiger partial charge in [0, 0.05) is 43.2 Å². The van der Waals surface area contributed by atoms with Gasteiger partial charge < -0.3 is 20.4 Å². The monoisotopic (exact) mass is 380 g/mol. The number of nitrogens with zero attached hydrogens (tertiary/aromatic N) is 1. The Bertz CT molecular complexity index is 982. The third kappa shape index (κ3) is 3.96. The van der Waals surface area contributed by atoms with Gasteiger partial charge in [-0.1, -0.05) is 18.2 Å². The van der Waals surface area contributed by atoms with Crippen LogP contribution in [0, 0.1) is 5.82 Å². The van der Waals surface area contributed by atoms with E-state index in [4.69, 9.17) is 4.74 Å². The molecule has 1 atom stereocenters. The summed E-state index contributed by atoms with van der Waals surface area (Å²) in [5, 5.41) is 7.71. The molecule has 1 unspecified atom stereocenters. The number of nitrogens with one attached hydrogen (secondary N) is 3. The molecule has 1 aliphatic rings. The van der Waals surface area contributed by atoms with Crippen LogP contribution in [0.4, 0.5) is 4.39 Å². The van der Waals surface area contributed by atoms with Gasteiger partial charge in [-0.05, 0) is 48.2 Å². The Kier molecular flexibility index (Phi) is 5.46. The molecule has 0 spiro atoms. The van der Waals surface area contributed by atoms with Crippen LogP contribution in [0.2, 0.25) is 0 Å². The molecule has 0 fully saturated rings. The molecule has 1 aromatic heterocycles. The van der Waals surface area contributed by atoms with Crippen molar-refractivity contribution in [1.82, 2.24) is 15.6 Å². The number of guanidine groups is 1. The molecule has 3 N–H and O–H groups in total. The second kappa shape index (κ2) is 8.33. The van der Waals surface area contributed by atoms with Crippen LogP contribution in [0.25, 0.3) is 10.9 Å². The fraction of sp³-hybridized carbons (Fsp3) is 0.318. The predicted octanol–water partition coefficient (Wildman–Crippen LogP) is 3.58. The Morgan fingerprint density at radius 2 is 2.14 bits per heavy atom. The van der Waals surface area contributed by atoms with Gasteiger partial charge in [0.05, 0.1) is 6.61 Å². The molecule has 4 rings (SSSR count). The summed E-state index contributed by atoms with van der Waals surface area (Å²) in [7, 11) is 1.77. The van der Waals surface area contributed by atoms with E-state index >= 15 is 0 Å². The number of benzene rings is 2. The maximum absolute atomic E-state index is 13.5. The molecular weight excluding hydrogens is 355 g/mol. The molecule has 3 aromatic rings. The van der Waals surface area contributed by atoms with Crippen molar-refractivity contribution in [2.75, 3.05) is 26.7 Å². The van der Waals surface area contributed by atoms with Crippen LogP contribution in [-0.2, 0) is 6.42 Å². The van der Waals surface area contributed by atoms with E-state index in [9.17, 15) is 4.39 Å². The molecule has 0 bridgehead atoms. The largest absolute Gasteiger partial charge is 0.493 e. The minimum absolute atomic E-state index is 0.212. The summed E-state index contributed by atoms with van der Waals surface area (Å²) in [6.45, 7) is 2.26. The highest BCUT2D eigenvalue weighted by molar-refractivity contribution is 5.83. The van der Waals surface area contributed by atoms with Crippen LogP contribution in [0.1, 0.15) is 23.5 Å². The minimum atomic E-state index is -0.212. The summed E-state index contributed by atoms with van der Waals surface area (Å²) >= 11 is 0. The van der Waals surface area contributed by atoms with E-state index in [-0.39, 0.29) is 5.82 Å². The Morgan fingerprint density at radius 3 is 3.04 bits per heavy atom. The van der Waals surface area contributed by atoms with Crippen molar-refractivity contribution in [3.63, 3.8) is 0 Å². The van der Waals surface area contributed by atoms with Crippen LogP contribution < -0.4 is 15.4 Å². The Morgan fingerprint density at radius 1 is 1.25 bits per heavy atom. The lowest BCUT2D eigenvalue weighted by Gasteiger charge is -2.26. The van der Waals surface area contributed by atoms with E-state index in [0.29, 0.717) is 12.5 Å². The third-order valence-corrected chi connectivity index (χ3v) is 5.24. The number of halogens is 1. The number of rotatable bonds is 5. The van der Waals surface area contributed by atoms with Crippen molar-refractivity contribution < 1.29 is 9.13 Å². The average Bonchev–Trinajstić information content (AvgIpc) is 3.12. The van der Waals surface area contributed by atoms with Crippen molar-refractivity contribution in [3.8, 4) is 5.75 Å². The molecule has 0 amide bonds. The smallest absolute Gasteiger partial charge is 0.191 e. The number of aromatic nitrogens is 1. The van der Waals surface area contributed by atoms with E-state index in [1.54, 1.807) is 19.2 Å². The number of aromatic amines is 1. The van der Waals surface area contributed by atoms with E-state index in [1.165, 1.54) is 11.6 Å². The number of ether oxygens (including phenoxy) is 1. The first-order valence-electron chi connectivity index (χ1n) is 9.66. The number of hydrogen-bond donors (Lipinski definition) is 3. The quantitative estimate of drug-likeness (QED) is 0.468. The maximum Gasteiger partial charge on any atom is 0.191 e. The number of hydrogen-bond acceptors (Lipinski definition) is 2. The SMILES string of the molecule is CN=C(NCCc1c[nH]c2ccc(F)cc12)NCC1CCOc2ccccc21. The fourth-order valence-corrected chi connectivity index (χ4v) is 3.74. The third-order valence-electron chi connectivity index (χ3n) is 5.24. The molecular formula is C22H25FN4O. The van der Waals surface area contributed by atoms with Crippen LogP contribution in [0.15, 0.2) is 53.7 Å². The van der Waals surface area contributed by atoms with Gasteiger partial charge in [0.2, 0.25) is 0 Å². The maximum atomic E-state index is 13.5. The first-order chi connectivity index (χ1) is 13.7. The van der Waals surface area contributed by atoms with Crippen molar-refractivity contribution in [2.45, 2.75) is 18.8 Å². The molecule has 5 nitrogen and oxygen atoms in total. The summed E-state index contributed by atoms with van der Waals surface area (Å²) in [5.74, 6) is 1.95. The highest BCUT2D eigenvalue weighted by atomic mass is 19.1. The Hall–Kier alpha value is -3.02. The lowest BCUT2D eigenvalue weighted by molar-refractivity contribution is 0.267. The van der Waals surface area contributed by atoms with E-state index in [2.05, 4.69) is 32.7 Å². The van der Waals surface area contributed by atoms with E-state index < -0.39 is 0 Å². The topological polar surface area (TPSA) is 61.4 Å². The molecule has 146 valence electrons. The summed E-state index contributed by atoms with van der Waals surface area (Å²) in [6.07, 6.45) is 3.72. The van der Waals surface area contributed by atoms with E-state index in [0.717, 1.165) is 54.2 Å². The second-order valence-corrected chi connectivity index (χ2v) is 7.01. The Labute approximate surface area is 164 Å². The van der Waals surface area contributed by atoms with Crippen molar-refractivity contribution in [2.24, 2.45) is 4.99 Å². The standard InChI is InChI=1S/C22H25FN4O/c1-24-22(27-14-16-9-11-28-21-5-3-2-4-18(16)21)25-10-8-15-13-26-20-7-6-17(23)12-19(15)20/h2-7,12-13,16,26H,8-11,14H2,1H3,(H2,24,25,27). The zero-order valence-corrected chi connectivity index (χ0v) is 16.0. The van der Waals surface area contributed by atoms with Crippen molar-refractivity contribution >= 4 is 16.9 Å². The second-order valence-electron chi connectivity index (χ2n) is 7.01. The van der Waals surface area contributed by atoms with Gasteiger partial charge in [0.25, 0.3) is 0 Å². The molecule has 1 aliphatic heterocycles. The fourth-order valence-electron chi connectivity index (χ4n) is 3.74. The molecule has 2 aromatic carbocycles. The first-order valence-corrected chi connectivity index (χ1v) is 9.66. The van der Waals surface area contributed by atoms with Crippen LogP contribution >= 0.6 is 0 Å². The number of aliphatic imine (C=N–C) groups is 1. The zero-order chi connectivity index (χ0) is 19.3. The zero-order valence-electron chi connectivity index (χ0n) is 16.0. The normalized spacial score (nSPS) is 16.5. The molecule has 0 radical (unpaired) electrons. The van der Waals surface area contributed by atoms with Crippen molar-refractivity contribution in [3.05, 3.63) is 65.6 Å². The van der Waals surface area contributed by atoms with Crippen LogP contribution in [0.5, 0.6) is 5.75 Å². The predicted molar refractivity (Wildman–Crippen MR) is 111 cm³/mol. The highest BCUT2D eigenvalue weighted by Gasteiger charge is 2.21. The van der Waals surface area contributed by atoms with Gasteiger partial charge in [-0.2, -0.15) is 0 Å². The van der Waals surface area contributed by atoms with Gasteiger partial charge >= 0.3 is 0 Å². The molecule has 0 aliphatic carbocycles. The van der Waals surface area contributed by atoms with Crippen LogP contribution in [0.3, 0.4) is 0 Å².